The largest absolute Gasteiger partial charge is 0.309 e. The fourth-order valence-corrected chi connectivity index (χ4v) is 7.71. The first-order chi connectivity index (χ1) is 22.3. The maximum atomic E-state index is 2.44. The van der Waals surface area contributed by atoms with Gasteiger partial charge in [-0.05, 0) is 94.4 Å². The zero-order chi connectivity index (χ0) is 29.5. The Morgan fingerprint density at radius 1 is 0.333 bits per heavy atom. The molecular formula is C43H28N2. The van der Waals surface area contributed by atoms with Crippen molar-refractivity contribution in [2.75, 3.05) is 0 Å². The second-order valence-electron chi connectivity index (χ2n) is 12.2. The fraction of sp³-hybridized carbons (Fsp3) is 0.0233. The number of nitrogens with zero attached hydrogens (tertiary/aromatic N) is 2. The molecule has 0 spiro atoms. The van der Waals surface area contributed by atoms with Crippen molar-refractivity contribution in [1.29, 1.82) is 0 Å². The van der Waals surface area contributed by atoms with E-state index in [4.69, 9.17) is 0 Å². The van der Waals surface area contributed by atoms with Crippen molar-refractivity contribution in [3.8, 4) is 33.6 Å². The Morgan fingerprint density at radius 3 is 1.78 bits per heavy atom. The van der Waals surface area contributed by atoms with Crippen LogP contribution in [-0.2, 0) is 6.42 Å². The van der Waals surface area contributed by atoms with E-state index >= 15 is 0 Å². The molecule has 2 nitrogen and oxygen atoms in total. The zero-order valence-corrected chi connectivity index (χ0v) is 24.6. The molecule has 0 fully saturated rings. The summed E-state index contributed by atoms with van der Waals surface area (Å²) in [6, 6.07) is 57.9. The van der Waals surface area contributed by atoms with Crippen LogP contribution in [0, 0.1) is 0 Å². The van der Waals surface area contributed by atoms with Gasteiger partial charge >= 0.3 is 0 Å². The van der Waals surface area contributed by atoms with Crippen molar-refractivity contribution < 1.29 is 0 Å². The van der Waals surface area contributed by atoms with Crippen molar-refractivity contribution >= 4 is 43.6 Å². The minimum atomic E-state index is 0.989. The number of rotatable bonds is 3. The highest BCUT2D eigenvalue weighted by atomic mass is 15.0. The molecule has 1 aliphatic rings. The van der Waals surface area contributed by atoms with Gasteiger partial charge in [-0.25, -0.2) is 0 Å². The number of hydrogen-bond donors (Lipinski definition) is 0. The van der Waals surface area contributed by atoms with Gasteiger partial charge in [0.2, 0.25) is 0 Å². The van der Waals surface area contributed by atoms with Gasteiger partial charge in [0.25, 0.3) is 0 Å². The van der Waals surface area contributed by atoms with Crippen molar-refractivity contribution in [3.63, 3.8) is 0 Å². The topological polar surface area (TPSA) is 9.86 Å². The van der Waals surface area contributed by atoms with Gasteiger partial charge in [0.15, 0.2) is 0 Å². The Labute approximate surface area is 261 Å². The van der Waals surface area contributed by atoms with Crippen molar-refractivity contribution in [2.45, 2.75) is 6.42 Å². The third-order valence-corrected chi connectivity index (χ3v) is 9.73. The van der Waals surface area contributed by atoms with Crippen LogP contribution in [-0.4, -0.2) is 9.13 Å². The average Bonchev–Trinajstić information content (AvgIpc) is 3.75. The molecule has 210 valence electrons. The summed E-state index contributed by atoms with van der Waals surface area (Å²) in [6.45, 7) is 0. The van der Waals surface area contributed by atoms with Crippen LogP contribution in [0.1, 0.15) is 11.1 Å². The van der Waals surface area contributed by atoms with Gasteiger partial charge in [-0.3, -0.25) is 0 Å². The molecule has 0 unspecified atom stereocenters. The fourth-order valence-electron chi connectivity index (χ4n) is 7.71. The first kappa shape index (κ1) is 24.6. The number of para-hydroxylation sites is 3. The second kappa shape index (κ2) is 9.32. The normalized spacial score (nSPS) is 12.4. The summed E-state index contributed by atoms with van der Waals surface area (Å²) in [5, 5.41) is 5.10. The third-order valence-electron chi connectivity index (χ3n) is 9.73. The van der Waals surface area contributed by atoms with Crippen LogP contribution >= 0.6 is 0 Å². The predicted molar refractivity (Wildman–Crippen MR) is 189 cm³/mol. The first-order valence-corrected chi connectivity index (χ1v) is 15.7. The Morgan fingerprint density at radius 2 is 0.933 bits per heavy atom. The van der Waals surface area contributed by atoms with Gasteiger partial charge in [-0.15, -0.1) is 0 Å². The molecule has 0 saturated carbocycles. The molecule has 0 bridgehead atoms. The minimum Gasteiger partial charge on any atom is -0.309 e. The van der Waals surface area contributed by atoms with Gasteiger partial charge in [0, 0.05) is 32.9 Å². The monoisotopic (exact) mass is 572 g/mol. The molecular weight excluding hydrogens is 544 g/mol. The van der Waals surface area contributed by atoms with E-state index in [1.54, 1.807) is 0 Å². The lowest BCUT2D eigenvalue weighted by Gasteiger charge is -2.11. The maximum Gasteiger partial charge on any atom is 0.0547 e. The van der Waals surface area contributed by atoms with Gasteiger partial charge in [-0.1, -0.05) is 103 Å². The number of fused-ring (bicyclic) bond motifs is 9. The van der Waals surface area contributed by atoms with E-state index in [1.807, 2.05) is 0 Å². The van der Waals surface area contributed by atoms with E-state index in [-0.39, 0.29) is 0 Å². The van der Waals surface area contributed by atoms with E-state index in [0.717, 1.165) is 6.42 Å². The van der Waals surface area contributed by atoms with Crippen molar-refractivity contribution in [2.24, 2.45) is 0 Å². The van der Waals surface area contributed by atoms with E-state index < -0.39 is 0 Å². The van der Waals surface area contributed by atoms with Crippen molar-refractivity contribution in [3.05, 3.63) is 169 Å². The standard InChI is InChI=1S/C43H28N2/c1-2-11-32(12-3-1)44-40-16-8-6-14-36(40)38-21-18-29(27-43(38)44)28-19-23-42-39(26-28)37-15-7-9-17-41(37)45(42)33-20-22-35-31(25-33)24-30-10-4-5-13-34(30)35/h1-23,25-27H,24H2. The first-order valence-electron chi connectivity index (χ1n) is 15.7. The summed E-state index contributed by atoms with van der Waals surface area (Å²) in [5.41, 5.74) is 15.3. The highest BCUT2D eigenvalue weighted by Crippen LogP contribution is 2.41. The van der Waals surface area contributed by atoms with Gasteiger partial charge in [-0.2, -0.15) is 0 Å². The molecule has 7 aromatic carbocycles. The van der Waals surface area contributed by atoms with Crippen LogP contribution in [0.3, 0.4) is 0 Å². The molecule has 1 aliphatic carbocycles. The predicted octanol–water partition coefficient (Wildman–Crippen LogP) is 11.1. The molecule has 0 radical (unpaired) electrons. The quantitative estimate of drug-likeness (QED) is 0.199. The van der Waals surface area contributed by atoms with Gasteiger partial charge < -0.3 is 9.13 Å². The minimum absolute atomic E-state index is 0.989. The molecule has 0 saturated heterocycles. The SMILES string of the molecule is c1ccc(-n2c3ccccc3c3ccc(-c4ccc5c(c4)c4ccccc4n5-c4ccc5c(c4)Cc4ccccc4-5)cc32)cc1. The van der Waals surface area contributed by atoms with Crippen LogP contribution in [0.25, 0.3) is 77.2 Å². The number of benzene rings is 7. The van der Waals surface area contributed by atoms with E-state index in [0.29, 0.717) is 0 Å². The van der Waals surface area contributed by atoms with Crippen LogP contribution in [0.4, 0.5) is 0 Å². The smallest absolute Gasteiger partial charge is 0.0547 e. The van der Waals surface area contributed by atoms with Gasteiger partial charge in [0.1, 0.15) is 0 Å². The highest BCUT2D eigenvalue weighted by Gasteiger charge is 2.20. The summed E-state index contributed by atoms with van der Waals surface area (Å²) in [7, 11) is 0. The molecule has 9 aromatic rings. The lowest BCUT2D eigenvalue weighted by molar-refractivity contribution is 1.16. The Hall–Kier alpha value is -5.86. The molecule has 2 aromatic heterocycles. The average molecular weight is 573 g/mol. The Bertz CT molecular complexity index is 2620. The van der Waals surface area contributed by atoms with E-state index in [2.05, 4.69) is 167 Å². The zero-order valence-electron chi connectivity index (χ0n) is 24.6. The molecule has 10 rings (SSSR count). The summed E-state index contributed by atoms with van der Waals surface area (Å²) in [4.78, 5) is 0. The second-order valence-corrected chi connectivity index (χ2v) is 12.2. The highest BCUT2D eigenvalue weighted by molar-refractivity contribution is 6.12. The van der Waals surface area contributed by atoms with Gasteiger partial charge in [0.05, 0.1) is 22.1 Å². The molecule has 0 amide bonds. The summed E-state index contributed by atoms with van der Waals surface area (Å²) < 4.78 is 4.83. The van der Waals surface area contributed by atoms with E-state index in [9.17, 15) is 0 Å². The third kappa shape index (κ3) is 3.57. The molecule has 0 atom stereocenters. The summed E-state index contributed by atoms with van der Waals surface area (Å²) >= 11 is 0. The lowest BCUT2D eigenvalue weighted by atomic mass is 10.0. The molecule has 2 heteroatoms. The summed E-state index contributed by atoms with van der Waals surface area (Å²) in [5.74, 6) is 0. The number of hydrogen-bond acceptors (Lipinski definition) is 0. The Balaban J connectivity index is 1.16. The van der Waals surface area contributed by atoms with E-state index in [1.165, 1.54) is 88.4 Å². The number of aromatic nitrogens is 2. The molecule has 2 heterocycles. The van der Waals surface area contributed by atoms with Crippen LogP contribution in [0.2, 0.25) is 0 Å². The molecule has 45 heavy (non-hydrogen) atoms. The summed E-state index contributed by atoms with van der Waals surface area (Å²) in [6.07, 6.45) is 0.989. The van der Waals surface area contributed by atoms with Crippen LogP contribution < -0.4 is 0 Å². The molecule has 0 aliphatic heterocycles. The van der Waals surface area contributed by atoms with Crippen LogP contribution in [0.5, 0.6) is 0 Å². The van der Waals surface area contributed by atoms with Crippen LogP contribution in [0.15, 0.2) is 158 Å². The Kier molecular flexibility index (Phi) is 5.09. The lowest BCUT2D eigenvalue weighted by Crippen LogP contribution is -1.95. The molecule has 0 N–H and O–H groups in total. The maximum absolute atomic E-state index is 2.44. The van der Waals surface area contributed by atoms with Crippen molar-refractivity contribution in [1.82, 2.24) is 9.13 Å².